The van der Waals surface area contributed by atoms with Crippen LogP contribution in [-0.2, 0) is 0 Å². The minimum atomic E-state index is 0.603. The Labute approximate surface area is 379 Å². The van der Waals surface area contributed by atoms with E-state index in [1.807, 2.05) is 24.3 Å². The van der Waals surface area contributed by atoms with Crippen LogP contribution in [0.5, 0.6) is 0 Å². The Morgan fingerprint density at radius 1 is 0.242 bits per heavy atom. The van der Waals surface area contributed by atoms with Crippen LogP contribution in [-0.4, -0.2) is 15.0 Å². The third kappa shape index (κ3) is 6.36. The Balaban J connectivity index is 0.931. The first-order valence-corrected chi connectivity index (χ1v) is 22.2. The van der Waals surface area contributed by atoms with Crippen LogP contribution in [0.2, 0.25) is 0 Å². The van der Waals surface area contributed by atoms with Gasteiger partial charge in [0.25, 0.3) is 0 Å². The molecule has 0 radical (unpaired) electrons. The Morgan fingerprint density at radius 3 is 1.26 bits per heavy atom. The van der Waals surface area contributed by atoms with Crippen molar-refractivity contribution in [3.8, 4) is 78.7 Å². The fourth-order valence-corrected chi connectivity index (χ4v) is 9.52. The first kappa shape index (κ1) is 37.6. The van der Waals surface area contributed by atoms with Crippen LogP contribution in [0.1, 0.15) is 0 Å². The van der Waals surface area contributed by atoms with E-state index in [0.717, 1.165) is 116 Å². The fraction of sp³-hybridized carbons (Fsp3) is 0. The predicted octanol–water partition coefficient (Wildman–Crippen LogP) is 16.5. The van der Waals surface area contributed by atoms with E-state index in [2.05, 4.69) is 200 Å². The van der Waals surface area contributed by atoms with Crippen LogP contribution in [0.25, 0.3) is 133 Å². The number of para-hydroxylation sites is 2. The summed E-state index contributed by atoms with van der Waals surface area (Å²) in [5, 5.41) is 6.48. The van der Waals surface area contributed by atoms with Gasteiger partial charge in [0.2, 0.25) is 0 Å². The Morgan fingerprint density at radius 2 is 0.652 bits per heavy atom. The number of rotatable bonds is 7. The average molecular weight is 844 g/mol. The molecule has 0 aliphatic rings. The van der Waals surface area contributed by atoms with Crippen LogP contribution in [0.3, 0.4) is 0 Å². The summed E-state index contributed by atoms with van der Waals surface area (Å²) in [6.07, 6.45) is 0. The third-order valence-corrected chi connectivity index (χ3v) is 12.8. The number of hydrogen-bond donors (Lipinski definition) is 0. The maximum absolute atomic E-state index is 6.77. The quantitative estimate of drug-likeness (QED) is 0.160. The van der Waals surface area contributed by atoms with Crippen molar-refractivity contribution in [3.63, 3.8) is 0 Å². The average Bonchev–Trinajstić information content (AvgIpc) is 3.98. The zero-order valence-electron chi connectivity index (χ0n) is 35.5. The molecule has 3 aromatic heterocycles. The second kappa shape index (κ2) is 15.4. The van der Waals surface area contributed by atoms with Crippen LogP contribution < -0.4 is 0 Å². The first-order chi connectivity index (χ1) is 32.7. The minimum absolute atomic E-state index is 0.603. The summed E-state index contributed by atoms with van der Waals surface area (Å²) in [4.78, 5) is 15.3. The highest BCUT2D eigenvalue weighted by Gasteiger charge is 2.21. The van der Waals surface area contributed by atoms with Crippen molar-refractivity contribution in [2.45, 2.75) is 0 Å². The van der Waals surface area contributed by atoms with E-state index in [1.54, 1.807) is 0 Å². The molecule has 308 valence electrons. The van der Waals surface area contributed by atoms with Crippen molar-refractivity contribution >= 4 is 54.6 Å². The molecule has 0 N–H and O–H groups in total. The molecule has 0 saturated carbocycles. The minimum Gasteiger partial charge on any atom is -0.455 e. The fourth-order valence-electron chi connectivity index (χ4n) is 9.52. The van der Waals surface area contributed by atoms with Gasteiger partial charge in [0, 0.05) is 49.2 Å². The summed E-state index contributed by atoms with van der Waals surface area (Å²) in [7, 11) is 0. The van der Waals surface area contributed by atoms with Gasteiger partial charge in [-0.05, 0) is 62.5 Å². The lowest BCUT2D eigenvalue weighted by Gasteiger charge is -2.11. The Kier molecular flexibility index (Phi) is 8.78. The van der Waals surface area contributed by atoms with Crippen molar-refractivity contribution in [1.82, 2.24) is 15.0 Å². The molecular formula is C61H37N3O2. The maximum atomic E-state index is 6.77. The van der Waals surface area contributed by atoms with E-state index < -0.39 is 0 Å². The zero-order chi connectivity index (χ0) is 43.6. The van der Waals surface area contributed by atoms with Gasteiger partial charge < -0.3 is 8.83 Å². The lowest BCUT2D eigenvalue weighted by atomic mass is 9.92. The third-order valence-electron chi connectivity index (χ3n) is 12.8. The molecule has 0 aliphatic carbocycles. The normalized spacial score (nSPS) is 11.6. The number of aromatic nitrogens is 3. The van der Waals surface area contributed by atoms with Crippen molar-refractivity contribution in [1.29, 1.82) is 0 Å². The monoisotopic (exact) mass is 843 g/mol. The van der Waals surface area contributed by atoms with Crippen molar-refractivity contribution in [2.24, 2.45) is 0 Å². The lowest BCUT2D eigenvalue weighted by Crippen LogP contribution is -2.00. The summed E-state index contributed by atoms with van der Waals surface area (Å²) >= 11 is 0. The molecule has 10 aromatic carbocycles. The van der Waals surface area contributed by atoms with E-state index in [4.69, 9.17) is 23.8 Å². The highest BCUT2D eigenvalue weighted by atomic mass is 16.3. The van der Waals surface area contributed by atoms with Gasteiger partial charge in [-0.3, -0.25) is 0 Å². The summed E-state index contributed by atoms with van der Waals surface area (Å²) < 4.78 is 13.3. The van der Waals surface area contributed by atoms with Crippen LogP contribution >= 0.6 is 0 Å². The van der Waals surface area contributed by atoms with Gasteiger partial charge in [-0.2, -0.15) is 0 Å². The van der Waals surface area contributed by atoms with Gasteiger partial charge in [0.15, 0.2) is 17.5 Å². The smallest absolute Gasteiger partial charge is 0.164 e. The highest BCUT2D eigenvalue weighted by Crippen LogP contribution is 2.45. The Hall–Kier alpha value is -8.93. The molecule has 0 fully saturated rings. The Bertz CT molecular complexity index is 3850. The molecule has 13 rings (SSSR count). The second-order valence-corrected chi connectivity index (χ2v) is 16.7. The van der Waals surface area contributed by atoms with E-state index in [-0.39, 0.29) is 0 Å². The van der Waals surface area contributed by atoms with Gasteiger partial charge in [0.1, 0.15) is 22.3 Å². The second-order valence-electron chi connectivity index (χ2n) is 16.7. The summed E-state index contributed by atoms with van der Waals surface area (Å²) in [5.41, 5.74) is 15.0. The molecule has 0 atom stereocenters. The van der Waals surface area contributed by atoms with E-state index >= 15 is 0 Å². The van der Waals surface area contributed by atoms with Gasteiger partial charge in [-0.15, -0.1) is 0 Å². The van der Waals surface area contributed by atoms with E-state index in [0.29, 0.717) is 17.5 Å². The van der Waals surface area contributed by atoms with Crippen molar-refractivity contribution in [3.05, 3.63) is 224 Å². The molecule has 66 heavy (non-hydrogen) atoms. The number of benzene rings is 10. The molecule has 5 heteroatoms. The number of furan rings is 2. The number of fused-ring (bicyclic) bond motifs is 8. The number of hydrogen-bond acceptors (Lipinski definition) is 5. The molecule has 13 aromatic rings. The molecule has 0 aliphatic heterocycles. The number of nitrogens with zero attached hydrogens (tertiary/aromatic N) is 3. The van der Waals surface area contributed by atoms with Crippen LogP contribution in [0.15, 0.2) is 233 Å². The highest BCUT2D eigenvalue weighted by molar-refractivity contribution is 6.23. The molecule has 3 heterocycles. The molecule has 0 unspecified atom stereocenters. The maximum Gasteiger partial charge on any atom is 0.164 e. The molecule has 0 saturated heterocycles. The molecular weight excluding hydrogens is 807 g/mol. The topological polar surface area (TPSA) is 65.0 Å². The van der Waals surface area contributed by atoms with Crippen LogP contribution in [0.4, 0.5) is 0 Å². The summed E-state index contributed by atoms with van der Waals surface area (Å²) in [6, 6.07) is 78.0. The van der Waals surface area contributed by atoms with E-state index in [1.165, 1.54) is 0 Å². The lowest BCUT2D eigenvalue weighted by molar-refractivity contribution is 0.670. The van der Waals surface area contributed by atoms with E-state index in [9.17, 15) is 0 Å². The van der Waals surface area contributed by atoms with Crippen molar-refractivity contribution < 1.29 is 8.83 Å². The first-order valence-electron chi connectivity index (χ1n) is 22.2. The molecule has 0 spiro atoms. The summed E-state index contributed by atoms with van der Waals surface area (Å²) in [6.45, 7) is 0. The largest absolute Gasteiger partial charge is 0.455 e. The van der Waals surface area contributed by atoms with Crippen LogP contribution in [0, 0.1) is 0 Å². The van der Waals surface area contributed by atoms with Gasteiger partial charge in [-0.25, -0.2) is 15.0 Å². The van der Waals surface area contributed by atoms with Gasteiger partial charge in [0.05, 0.1) is 0 Å². The van der Waals surface area contributed by atoms with Crippen molar-refractivity contribution in [2.75, 3.05) is 0 Å². The van der Waals surface area contributed by atoms with Gasteiger partial charge >= 0.3 is 0 Å². The predicted molar refractivity (Wildman–Crippen MR) is 270 cm³/mol. The molecule has 0 bridgehead atoms. The SMILES string of the molecule is c1ccc(-c2ccc(-c3nc(-c4ccc(-c5ccccc5)cc4)nc(-c4ccc(-c5cc6c(oc7cccc(-c8cccc9c8oc8ccccc89)c76)c6ccccc56)cc4)n3)cc2)cc1. The van der Waals surface area contributed by atoms with Gasteiger partial charge in [-0.1, -0.05) is 206 Å². The standard InChI is InChI=1S/C61H37N3O2/c1-3-13-38(14-4-1)40-25-31-43(32-26-40)59-62-60(44-33-27-41(28-34-44)39-15-5-2-6-16-39)64-61(63-59)45-35-29-42(30-36-45)52-37-53-56-48(20-12-24-55(56)66-58(53)49-19-8-7-17-46(49)52)51-22-11-21-50-47-18-9-10-23-54(47)65-57(50)51/h1-37H. The molecule has 5 nitrogen and oxygen atoms in total. The molecule has 0 amide bonds. The summed E-state index contributed by atoms with van der Waals surface area (Å²) in [5.74, 6) is 1.83. The zero-order valence-corrected chi connectivity index (χ0v) is 35.5.